The molecule has 0 aliphatic carbocycles. The Bertz CT molecular complexity index is 618. The van der Waals surface area contributed by atoms with Gasteiger partial charge in [-0.25, -0.2) is 0 Å². The minimum absolute atomic E-state index is 0.0309. The first-order valence-electron chi connectivity index (χ1n) is 6.83. The zero-order valence-corrected chi connectivity index (χ0v) is 11.7. The SMILES string of the molecule is Cc1ccc(C(=O)N2CCCC2c2nc(C)no2)cc1. The summed E-state index contributed by atoms with van der Waals surface area (Å²) in [6.45, 7) is 4.53. The van der Waals surface area contributed by atoms with Crippen LogP contribution < -0.4 is 0 Å². The molecule has 0 radical (unpaired) electrons. The van der Waals surface area contributed by atoms with Crippen LogP contribution in [0.1, 0.15) is 46.5 Å². The Morgan fingerprint density at radius 2 is 2.05 bits per heavy atom. The number of benzene rings is 1. The second-order valence-electron chi connectivity index (χ2n) is 5.20. The van der Waals surface area contributed by atoms with E-state index >= 15 is 0 Å². The molecule has 1 unspecified atom stereocenters. The van der Waals surface area contributed by atoms with Gasteiger partial charge in [-0.2, -0.15) is 4.98 Å². The van der Waals surface area contributed by atoms with E-state index in [9.17, 15) is 4.79 Å². The summed E-state index contributed by atoms with van der Waals surface area (Å²) in [5, 5.41) is 3.82. The van der Waals surface area contributed by atoms with Gasteiger partial charge in [0.15, 0.2) is 5.82 Å². The van der Waals surface area contributed by atoms with Crippen molar-refractivity contribution in [2.24, 2.45) is 0 Å². The minimum atomic E-state index is -0.0926. The molecule has 104 valence electrons. The fraction of sp³-hybridized carbons (Fsp3) is 0.400. The van der Waals surface area contributed by atoms with Crippen molar-refractivity contribution < 1.29 is 9.32 Å². The Kier molecular flexibility index (Phi) is 3.26. The van der Waals surface area contributed by atoms with Crippen molar-refractivity contribution in [2.75, 3.05) is 6.54 Å². The predicted molar refractivity (Wildman–Crippen MR) is 73.2 cm³/mol. The normalized spacial score (nSPS) is 18.5. The molecule has 20 heavy (non-hydrogen) atoms. The van der Waals surface area contributed by atoms with Crippen LogP contribution >= 0.6 is 0 Å². The third-order valence-corrected chi connectivity index (χ3v) is 3.64. The first kappa shape index (κ1) is 12.8. The van der Waals surface area contributed by atoms with E-state index in [1.165, 1.54) is 0 Å². The molecule has 1 fully saturated rings. The molecule has 1 aliphatic rings. The summed E-state index contributed by atoms with van der Waals surface area (Å²) in [4.78, 5) is 18.7. The highest BCUT2D eigenvalue weighted by atomic mass is 16.5. The summed E-state index contributed by atoms with van der Waals surface area (Å²) < 4.78 is 5.23. The highest BCUT2D eigenvalue weighted by molar-refractivity contribution is 5.94. The molecule has 2 heterocycles. The lowest BCUT2D eigenvalue weighted by molar-refractivity contribution is 0.0710. The molecule has 1 atom stereocenters. The lowest BCUT2D eigenvalue weighted by Crippen LogP contribution is -2.30. The van der Waals surface area contributed by atoms with Crippen LogP contribution in [-0.4, -0.2) is 27.5 Å². The number of amides is 1. The number of carbonyl (C=O) groups is 1. The average molecular weight is 271 g/mol. The number of carbonyl (C=O) groups excluding carboxylic acids is 1. The third kappa shape index (κ3) is 2.31. The van der Waals surface area contributed by atoms with Gasteiger partial charge in [0.25, 0.3) is 5.91 Å². The topological polar surface area (TPSA) is 59.2 Å². The summed E-state index contributed by atoms with van der Waals surface area (Å²) in [5.74, 6) is 1.18. The fourth-order valence-electron chi connectivity index (χ4n) is 2.58. The van der Waals surface area contributed by atoms with Crippen LogP contribution in [0.5, 0.6) is 0 Å². The maximum atomic E-state index is 12.6. The number of hydrogen-bond acceptors (Lipinski definition) is 4. The van der Waals surface area contributed by atoms with Crippen molar-refractivity contribution in [2.45, 2.75) is 32.7 Å². The number of likely N-dealkylation sites (tertiary alicyclic amines) is 1. The van der Waals surface area contributed by atoms with Gasteiger partial charge < -0.3 is 9.42 Å². The molecule has 1 amide bonds. The molecule has 0 N–H and O–H groups in total. The van der Waals surface area contributed by atoms with E-state index < -0.39 is 0 Å². The molecular weight excluding hydrogens is 254 g/mol. The molecule has 1 aliphatic heterocycles. The van der Waals surface area contributed by atoms with Crippen LogP contribution in [0.2, 0.25) is 0 Å². The minimum Gasteiger partial charge on any atom is -0.337 e. The molecule has 2 aromatic rings. The van der Waals surface area contributed by atoms with Crippen molar-refractivity contribution in [1.82, 2.24) is 15.0 Å². The standard InChI is InChI=1S/C15H17N3O2/c1-10-5-7-12(8-6-10)15(19)18-9-3-4-13(18)14-16-11(2)17-20-14/h5-8,13H,3-4,9H2,1-2H3. The molecule has 0 saturated carbocycles. The largest absolute Gasteiger partial charge is 0.337 e. The van der Waals surface area contributed by atoms with E-state index in [2.05, 4.69) is 10.1 Å². The zero-order chi connectivity index (χ0) is 14.1. The van der Waals surface area contributed by atoms with Crippen LogP contribution in [0, 0.1) is 13.8 Å². The van der Waals surface area contributed by atoms with Gasteiger partial charge in [-0.1, -0.05) is 22.9 Å². The third-order valence-electron chi connectivity index (χ3n) is 3.64. The molecule has 5 nitrogen and oxygen atoms in total. The Hall–Kier alpha value is -2.17. The number of aryl methyl sites for hydroxylation is 2. The fourth-order valence-corrected chi connectivity index (χ4v) is 2.58. The van der Waals surface area contributed by atoms with Gasteiger partial charge in [0.1, 0.15) is 6.04 Å². The number of hydrogen-bond donors (Lipinski definition) is 0. The lowest BCUT2D eigenvalue weighted by Gasteiger charge is -2.21. The van der Waals surface area contributed by atoms with E-state index in [0.717, 1.165) is 24.9 Å². The molecule has 1 aromatic carbocycles. The van der Waals surface area contributed by atoms with E-state index in [1.807, 2.05) is 36.1 Å². The van der Waals surface area contributed by atoms with Gasteiger partial charge in [0, 0.05) is 12.1 Å². The monoisotopic (exact) mass is 271 g/mol. The van der Waals surface area contributed by atoms with Crippen molar-refractivity contribution >= 4 is 5.91 Å². The Labute approximate surface area is 117 Å². The van der Waals surface area contributed by atoms with Gasteiger partial charge >= 0.3 is 0 Å². The smallest absolute Gasteiger partial charge is 0.254 e. The molecule has 1 saturated heterocycles. The predicted octanol–water partition coefficient (Wildman–Crippen LogP) is 2.66. The maximum Gasteiger partial charge on any atom is 0.254 e. The van der Waals surface area contributed by atoms with Crippen LogP contribution in [0.4, 0.5) is 0 Å². The van der Waals surface area contributed by atoms with Crippen molar-refractivity contribution in [1.29, 1.82) is 0 Å². The van der Waals surface area contributed by atoms with Gasteiger partial charge in [0.2, 0.25) is 5.89 Å². The van der Waals surface area contributed by atoms with Crippen molar-refractivity contribution in [3.63, 3.8) is 0 Å². The number of nitrogens with zero attached hydrogens (tertiary/aromatic N) is 3. The molecule has 1 aromatic heterocycles. The lowest BCUT2D eigenvalue weighted by atomic mass is 10.1. The molecule has 0 bridgehead atoms. The highest BCUT2D eigenvalue weighted by Crippen LogP contribution is 2.32. The summed E-state index contributed by atoms with van der Waals surface area (Å²) in [6.07, 6.45) is 1.84. The first-order valence-corrected chi connectivity index (χ1v) is 6.83. The van der Waals surface area contributed by atoms with Crippen LogP contribution in [0.15, 0.2) is 28.8 Å². The zero-order valence-electron chi connectivity index (χ0n) is 11.7. The Morgan fingerprint density at radius 3 is 2.70 bits per heavy atom. The first-order chi connectivity index (χ1) is 9.65. The van der Waals surface area contributed by atoms with E-state index in [4.69, 9.17) is 4.52 Å². The second-order valence-corrected chi connectivity index (χ2v) is 5.20. The molecule has 0 spiro atoms. The Morgan fingerprint density at radius 1 is 1.30 bits per heavy atom. The van der Waals surface area contributed by atoms with Crippen molar-refractivity contribution in [3.05, 3.63) is 47.1 Å². The summed E-state index contributed by atoms with van der Waals surface area (Å²) >= 11 is 0. The van der Waals surface area contributed by atoms with E-state index in [1.54, 1.807) is 6.92 Å². The average Bonchev–Trinajstić information content (AvgIpc) is 3.07. The Balaban J connectivity index is 1.85. The van der Waals surface area contributed by atoms with Crippen LogP contribution in [0.25, 0.3) is 0 Å². The maximum absolute atomic E-state index is 12.6. The quantitative estimate of drug-likeness (QED) is 0.842. The van der Waals surface area contributed by atoms with Crippen LogP contribution in [-0.2, 0) is 0 Å². The summed E-state index contributed by atoms with van der Waals surface area (Å²) in [5.41, 5.74) is 1.85. The van der Waals surface area contributed by atoms with E-state index in [-0.39, 0.29) is 11.9 Å². The van der Waals surface area contributed by atoms with Gasteiger partial charge in [-0.3, -0.25) is 4.79 Å². The summed E-state index contributed by atoms with van der Waals surface area (Å²) in [6, 6.07) is 7.55. The molecular formula is C15H17N3O2. The second kappa shape index (κ2) is 5.07. The molecule has 3 rings (SSSR count). The van der Waals surface area contributed by atoms with Gasteiger partial charge in [-0.05, 0) is 38.8 Å². The summed E-state index contributed by atoms with van der Waals surface area (Å²) in [7, 11) is 0. The molecule has 5 heteroatoms. The van der Waals surface area contributed by atoms with Gasteiger partial charge in [-0.15, -0.1) is 0 Å². The van der Waals surface area contributed by atoms with Crippen molar-refractivity contribution in [3.8, 4) is 0 Å². The van der Waals surface area contributed by atoms with Crippen LogP contribution in [0.3, 0.4) is 0 Å². The van der Waals surface area contributed by atoms with E-state index in [0.29, 0.717) is 17.3 Å². The number of aromatic nitrogens is 2. The highest BCUT2D eigenvalue weighted by Gasteiger charge is 2.34. The van der Waals surface area contributed by atoms with Gasteiger partial charge in [0.05, 0.1) is 0 Å². The number of rotatable bonds is 2.